The second-order valence-corrected chi connectivity index (χ2v) is 2.65. The first-order valence-corrected chi connectivity index (χ1v) is 4.19. The molecule has 0 saturated carbocycles. The van der Waals surface area contributed by atoms with Gasteiger partial charge in [-0.15, -0.1) is 0 Å². The highest BCUT2D eigenvalue weighted by molar-refractivity contribution is 5.76. The van der Waals surface area contributed by atoms with E-state index in [0.717, 1.165) is 12.3 Å². The Bertz CT molecular complexity index is 553. The van der Waals surface area contributed by atoms with E-state index in [0.29, 0.717) is 0 Å². The molecule has 1 rings (SSSR count). The molecule has 1 N–H and O–H groups in total. The number of anilines is 1. The molecule has 0 atom stereocenters. The summed E-state index contributed by atoms with van der Waals surface area (Å²) in [5.41, 5.74) is 10.5. The minimum atomic E-state index is -0.652. The Labute approximate surface area is 94.8 Å². The predicted octanol–water partition coefficient (Wildman–Crippen LogP) is 2.46. The number of nitro benzene ring substituents is 1. The van der Waals surface area contributed by atoms with Crippen LogP contribution in [0.5, 0.6) is 0 Å². The van der Waals surface area contributed by atoms with Gasteiger partial charge in [0.25, 0.3) is 5.69 Å². The lowest BCUT2D eigenvalue weighted by Crippen LogP contribution is -1.95. The average Bonchev–Trinajstić information content (AvgIpc) is 2.31. The van der Waals surface area contributed by atoms with E-state index >= 15 is 0 Å². The van der Waals surface area contributed by atoms with Gasteiger partial charge in [-0.3, -0.25) is 15.5 Å². The Morgan fingerprint density at radius 3 is 3.00 bits per heavy atom. The fourth-order valence-corrected chi connectivity index (χ4v) is 1.01. The standard InChI is InChI=1S/C8H5N7O2/c9-3-4-11-13-7-2-1-6(12-14-10)5-8(7)15(16)17/h1-2,4-5,13H. The van der Waals surface area contributed by atoms with Crippen molar-refractivity contribution in [2.24, 2.45) is 10.2 Å². The fourth-order valence-electron chi connectivity index (χ4n) is 1.01. The van der Waals surface area contributed by atoms with Gasteiger partial charge in [0.05, 0.1) is 4.92 Å². The van der Waals surface area contributed by atoms with Crippen LogP contribution in [-0.4, -0.2) is 11.1 Å². The third kappa shape index (κ3) is 3.19. The lowest BCUT2D eigenvalue weighted by molar-refractivity contribution is -0.383. The molecular formula is C8H5N7O2. The van der Waals surface area contributed by atoms with Crippen molar-refractivity contribution < 1.29 is 4.92 Å². The molecule has 17 heavy (non-hydrogen) atoms. The second kappa shape index (κ2) is 5.69. The Kier molecular flexibility index (Phi) is 4.01. The summed E-state index contributed by atoms with van der Waals surface area (Å²) >= 11 is 0. The number of rotatable bonds is 4. The van der Waals surface area contributed by atoms with E-state index in [4.69, 9.17) is 10.8 Å². The van der Waals surface area contributed by atoms with Crippen LogP contribution in [0.1, 0.15) is 0 Å². The van der Waals surface area contributed by atoms with E-state index < -0.39 is 4.92 Å². The highest BCUT2D eigenvalue weighted by Crippen LogP contribution is 2.29. The molecule has 84 valence electrons. The zero-order valence-electron chi connectivity index (χ0n) is 8.31. The van der Waals surface area contributed by atoms with E-state index in [1.807, 2.05) is 0 Å². The maximum atomic E-state index is 10.7. The van der Waals surface area contributed by atoms with Crippen LogP contribution in [0.4, 0.5) is 17.1 Å². The van der Waals surface area contributed by atoms with Gasteiger partial charge in [-0.25, -0.2) is 0 Å². The number of azide groups is 1. The number of hydrazone groups is 1. The molecule has 0 spiro atoms. The number of hydrogen-bond donors (Lipinski definition) is 1. The van der Waals surface area contributed by atoms with Crippen molar-refractivity contribution in [2.45, 2.75) is 0 Å². The quantitative estimate of drug-likeness (QED) is 0.212. The first kappa shape index (κ1) is 12.0. The molecule has 0 amide bonds. The van der Waals surface area contributed by atoms with Crippen LogP contribution < -0.4 is 5.43 Å². The number of benzene rings is 1. The molecule has 0 saturated heterocycles. The lowest BCUT2D eigenvalue weighted by Gasteiger charge is -2.01. The van der Waals surface area contributed by atoms with Crippen LogP contribution in [0, 0.1) is 21.4 Å². The highest BCUT2D eigenvalue weighted by atomic mass is 16.6. The maximum Gasteiger partial charge on any atom is 0.294 e. The Hall–Kier alpha value is -3.11. The topological polar surface area (TPSA) is 140 Å². The minimum Gasteiger partial charge on any atom is -0.271 e. The van der Waals surface area contributed by atoms with E-state index in [9.17, 15) is 10.1 Å². The van der Waals surface area contributed by atoms with Crippen LogP contribution in [-0.2, 0) is 0 Å². The van der Waals surface area contributed by atoms with Crippen molar-refractivity contribution in [1.82, 2.24) is 0 Å². The van der Waals surface area contributed by atoms with Crippen molar-refractivity contribution >= 4 is 23.3 Å². The molecule has 0 fully saturated rings. The summed E-state index contributed by atoms with van der Waals surface area (Å²) in [5.74, 6) is 0. The first-order valence-electron chi connectivity index (χ1n) is 4.19. The third-order valence-corrected chi connectivity index (χ3v) is 1.65. The molecule has 1 aromatic rings. The third-order valence-electron chi connectivity index (χ3n) is 1.65. The van der Waals surface area contributed by atoms with E-state index in [-0.39, 0.29) is 17.1 Å². The highest BCUT2D eigenvalue weighted by Gasteiger charge is 2.13. The Morgan fingerprint density at radius 1 is 1.65 bits per heavy atom. The van der Waals surface area contributed by atoms with Crippen LogP contribution in [0.3, 0.4) is 0 Å². The zero-order chi connectivity index (χ0) is 12.7. The summed E-state index contributed by atoms with van der Waals surface area (Å²) in [4.78, 5) is 12.6. The first-order chi connectivity index (χ1) is 8.19. The van der Waals surface area contributed by atoms with Crippen molar-refractivity contribution in [3.05, 3.63) is 38.8 Å². The van der Waals surface area contributed by atoms with E-state index in [2.05, 4.69) is 20.6 Å². The molecule has 0 aromatic heterocycles. The normalized spacial score (nSPS) is 9.35. The molecule has 0 unspecified atom stereocenters. The lowest BCUT2D eigenvalue weighted by atomic mass is 10.2. The second-order valence-electron chi connectivity index (χ2n) is 2.65. The molecule has 1 aromatic carbocycles. The summed E-state index contributed by atoms with van der Waals surface area (Å²) < 4.78 is 0. The maximum absolute atomic E-state index is 10.7. The van der Waals surface area contributed by atoms with Crippen molar-refractivity contribution in [1.29, 1.82) is 5.26 Å². The largest absolute Gasteiger partial charge is 0.294 e. The molecule has 0 radical (unpaired) electrons. The fraction of sp³-hybridized carbons (Fsp3) is 0. The van der Waals surface area contributed by atoms with Crippen LogP contribution in [0.2, 0.25) is 0 Å². The van der Waals surface area contributed by atoms with Gasteiger partial charge < -0.3 is 0 Å². The molecule has 0 aliphatic heterocycles. The Morgan fingerprint density at radius 2 is 2.41 bits per heavy atom. The number of nitriles is 1. The van der Waals surface area contributed by atoms with Gasteiger partial charge in [0.2, 0.25) is 0 Å². The zero-order valence-corrected chi connectivity index (χ0v) is 8.31. The van der Waals surface area contributed by atoms with Crippen molar-refractivity contribution in [3.8, 4) is 6.07 Å². The summed E-state index contributed by atoms with van der Waals surface area (Å²) in [6.07, 6.45) is 0.894. The smallest absolute Gasteiger partial charge is 0.271 e. The van der Waals surface area contributed by atoms with E-state index in [1.165, 1.54) is 12.1 Å². The Balaban J connectivity index is 3.13. The van der Waals surface area contributed by atoms with Gasteiger partial charge in [0, 0.05) is 16.7 Å². The van der Waals surface area contributed by atoms with E-state index in [1.54, 1.807) is 6.07 Å². The SMILES string of the molecule is N#CC=NNc1ccc(N=[N+]=[N-])cc1[N+](=O)[O-]. The van der Waals surface area contributed by atoms with Crippen LogP contribution in [0.15, 0.2) is 28.4 Å². The minimum absolute atomic E-state index is 0.0957. The molecule has 0 aliphatic carbocycles. The number of nitrogens with zero attached hydrogens (tertiary/aromatic N) is 6. The number of hydrogen-bond acceptors (Lipinski definition) is 6. The number of nitro groups is 1. The van der Waals surface area contributed by atoms with Gasteiger partial charge in [-0.05, 0) is 11.6 Å². The van der Waals surface area contributed by atoms with Crippen molar-refractivity contribution in [2.75, 3.05) is 5.43 Å². The molecule has 0 aliphatic rings. The van der Waals surface area contributed by atoms with Gasteiger partial charge in [-0.1, -0.05) is 11.2 Å². The van der Waals surface area contributed by atoms with Crippen LogP contribution in [0.25, 0.3) is 10.4 Å². The molecule has 9 heteroatoms. The molecular weight excluding hydrogens is 226 g/mol. The predicted molar refractivity (Wildman–Crippen MR) is 59.6 cm³/mol. The monoisotopic (exact) mass is 231 g/mol. The van der Waals surface area contributed by atoms with Gasteiger partial charge in [-0.2, -0.15) is 10.4 Å². The summed E-state index contributed by atoms with van der Waals surface area (Å²) in [5, 5.41) is 25.6. The molecule has 0 bridgehead atoms. The van der Waals surface area contributed by atoms with Gasteiger partial charge in [0.1, 0.15) is 18.0 Å². The van der Waals surface area contributed by atoms with Gasteiger partial charge in [0.15, 0.2) is 0 Å². The molecule has 0 heterocycles. The summed E-state index contributed by atoms with van der Waals surface area (Å²) in [6, 6.07) is 5.44. The summed E-state index contributed by atoms with van der Waals surface area (Å²) in [7, 11) is 0. The average molecular weight is 231 g/mol. The number of nitrogens with one attached hydrogen (secondary N) is 1. The molecule has 9 nitrogen and oxygen atoms in total. The van der Waals surface area contributed by atoms with Crippen LogP contribution >= 0.6 is 0 Å². The van der Waals surface area contributed by atoms with Crippen molar-refractivity contribution in [3.63, 3.8) is 0 Å². The summed E-state index contributed by atoms with van der Waals surface area (Å²) in [6.45, 7) is 0. The van der Waals surface area contributed by atoms with Gasteiger partial charge >= 0.3 is 0 Å².